The number of sulfonamides is 1. The van der Waals surface area contributed by atoms with Gasteiger partial charge in [0, 0.05) is 22.6 Å². The van der Waals surface area contributed by atoms with Crippen LogP contribution in [0.3, 0.4) is 0 Å². The smallest absolute Gasteiger partial charge is 0.243 e. The normalized spacial score (nSPS) is 19.2. The second-order valence-corrected chi connectivity index (χ2v) is 10.6. The van der Waals surface area contributed by atoms with Gasteiger partial charge < -0.3 is 4.90 Å². The lowest BCUT2D eigenvalue weighted by atomic mass is 9.91. The number of anilines is 1. The van der Waals surface area contributed by atoms with E-state index in [1.165, 1.54) is 18.2 Å². The first-order valence-electron chi connectivity index (χ1n) is 9.98. The highest BCUT2D eigenvalue weighted by Crippen LogP contribution is 2.40. The standard InChI is InChI=1S/C23H20Cl3FN2O2S/c24-16-7-5-15(6-8-16)22-14-18(28-32(30,31)23-4-2-1-3-20(23)27)11-12-29(22)21-10-9-17(25)13-19(21)26/h1-10,13,18,22,28H,11-12,14H2. The summed E-state index contributed by atoms with van der Waals surface area (Å²) >= 11 is 18.6. The molecule has 4 rings (SSSR count). The Balaban J connectivity index is 1.64. The molecular weight excluding hydrogens is 494 g/mol. The molecule has 9 heteroatoms. The molecule has 0 radical (unpaired) electrons. The van der Waals surface area contributed by atoms with Crippen molar-refractivity contribution < 1.29 is 12.8 Å². The molecule has 0 aliphatic carbocycles. The van der Waals surface area contributed by atoms with E-state index in [1.54, 1.807) is 24.3 Å². The average Bonchev–Trinajstić information content (AvgIpc) is 2.75. The van der Waals surface area contributed by atoms with Gasteiger partial charge in [0.05, 0.1) is 16.8 Å². The molecule has 1 heterocycles. The molecule has 1 aliphatic heterocycles. The molecule has 168 valence electrons. The molecule has 2 atom stereocenters. The van der Waals surface area contributed by atoms with Crippen molar-refractivity contribution in [3.8, 4) is 0 Å². The van der Waals surface area contributed by atoms with E-state index in [0.29, 0.717) is 34.5 Å². The van der Waals surface area contributed by atoms with Crippen molar-refractivity contribution in [3.05, 3.63) is 93.2 Å². The minimum atomic E-state index is -4.01. The zero-order valence-corrected chi connectivity index (χ0v) is 19.9. The van der Waals surface area contributed by atoms with Gasteiger partial charge in [-0.3, -0.25) is 0 Å². The Morgan fingerprint density at radius 3 is 2.31 bits per heavy atom. The van der Waals surface area contributed by atoms with Crippen molar-refractivity contribution >= 4 is 50.5 Å². The lowest BCUT2D eigenvalue weighted by Gasteiger charge is -2.42. The number of benzene rings is 3. The lowest BCUT2D eigenvalue weighted by Crippen LogP contribution is -2.46. The van der Waals surface area contributed by atoms with Crippen LogP contribution in [0.2, 0.25) is 15.1 Å². The Morgan fingerprint density at radius 2 is 1.62 bits per heavy atom. The summed E-state index contributed by atoms with van der Waals surface area (Å²) < 4.78 is 42.5. The van der Waals surface area contributed by atoms with Crippen molar-refractivity contribution in [2.75, 3.05) is 11.4 Å². The first-order chi connectivity index (χ1) is 15.2. The molecule has 32 heavy (non-hydrogen) atoms. The van der Waals surface area contributed by atoms with E-state index in [9.17, 15) is 12.8 Å². The summed E-state index contributed by atoms with van der Waals surface area (Å²) in [5.74, 6) is -0.778. The Hall–Kier alpha value is -1.83. The summed E-state index contributed by atoms with van der Waals surface area (Å²) in [7, 11) is -4.01. The predicted molar refractivity (Wildman–Crippen MR) is 128 cm³/mol. The summed E-state index contributed by atoms with van der Waals surface area (Å²) in [4.78, 5) is 1.78. The molecule has 1 N–H and O–H groups in total. The Kier molecular flexibility index (Phi) is 6.98. The second-order valence-electron chi connectivity index (χ2n) is 7.63. The number of piperidine rings is 1. The first-order valence-corrected chi connectivity index (χ1v) is 12.6. The maximum Gasteiger partial charge on any atom is 0.243 e. The molecule has 0 bridgehead atoms. The number of nitrogens with one attached hydrogen (secondary N) is 1. The summed E-state index contributed by atoms with van der Waals surface area (Å²) in [6, 6.07) is 17.5. The van der Waals surface area contributed by atoms with Gasteiger partial charge in [0.25, 0.3) is 0 Å². The number of nitrogens with zero attached hydrogens (tertiary/aromatic N) is 1. The van der Waals surface area contributed by atoms with E-state index in [0.717, 1.165) is 17.3 Å². The van der Waals surface area contributed by atoms with E-state index in [2.05, 4.69) is 9.62 Å². The van der Waals surface area contributed by atoms with Gasteiger partial charge in [0.2, 0.25) is 10.0 Å². The zero-order chi connectivity index (χ0) is 22.9. The molecule has 0 aromatic heterocycles. The molecule has 1 aliphatic rings. The molecule has 0 spiro atoms. The van der Waals surface area contributed by atoms with Crippen LogP contribution in [-0.2, 0) is 10.0 Å². The van der Waals surface area contributed by atoms with Crippen LogP contribution >= 0.6 is 34.8 Å². The van der Waals surface area contributed by atoms with Crippen LogP contribution in [0.25, 0.3) is 0 Å². The number of hydrogen-bond acceptors (Lipinski definition) is 3. The Bertz CT molecular complexity index is 1220. The van der Waals surface area contributed by atoms with Crippen molar-refractivity contribution in [2.24, 2.45) is 0 Å². The third-order valence-corrected chi connectivity index (χ3v) is 7.87. The van der Waals surface area contributed by atoms with Crippen molar-refractivity contribution in [3.63, 3.8) is 0 Å². The fraction of sp³-hybridized carbons (Fsp3) is 0.217. The maximum absolute atomic E-state index is 14.1. The quantitative estimate of drug-likeness (QED) is 0.425. The van der Waals surface area contributed by atoms with E-state index < -0.39 is 15.8 Å². The molecule has 2 unspecified atom stereocenters. The second kappa shape index (κ2) is 9.57. The van der Waals surface area contributed by atoms with Gasteiger partial charge in [-0.2, -0.15) is 0 Å². The van der Waals surface area contributed by atoms with Crippen LogP contribution in [0.4, 0.5) is 10.1 Å². The number of rotatable bonds is 5. The molecule has 1 saturated heterocycles. The van der Waals surface area contributed by atoms with Gasteiger partial charge in [-0.05, 0) is 60.9 Å². The van der Waals surface area contributed by atoms with Crippen LogP contribution in [0.1, 0.15) is 24.4 Å². The summed E-state index contributed by atoms with van der Waals surface area (Å²) in [5, 5.41) is 1.66. The van der Waals surface area contributed by atoms with Crippen LogP contribution in [0, 0.1) is 5.82 Å². The van der Waals surface area contributed by atoms with Crippen LogP contribution in [0.15, 0.2) is 71.6 Å². The molecule has 0 saturated carbocycles. The van der Waals surface area contributed by atoms with E-state index >= 15 is 0 Å². The summed E-state index contributed by atoms with van der Waals surface area (Å²) in [5.41, 5.74) is 1.78. The molecule has 4 nitrogen and oxygen atoms in total. The molecule has 3 aromatic rings. The number of hydrogen-bond donors (Lipinski definition) is 1. The van der Waals surface area contributed by atoms with Crippen LogP contribution in [-0.4, -0.2) is 21.0 Å². The highest BCUT2D eigenvalue weighted by atomic mass is 35.5. The van der Waals surface area contributed by atoms with Gasteiger partial charge in [0.15, 0.2) is 0 Å². The topological polar surface area (TPSA) is 49.4 Å². The fourth-order valence-electron chi connectivity index (χ4n) is 4.02. The predicted octanol–water partition coefficient (Wildman–Crippen LogP) is 6.47. The van der Waals surface area contributed by atoms with Crippen molar-refractivity contribution in [1.82, 2.24) is 4.72 Å². The van der Waals surface area contributed by atoms with E-state index in [1.807, 2.05) is 18.2 Å². The van der Waals surface area contributed by atoms with Crippen molar-refractivity contribution in [1.29, 1.82) is 0 Å². The summed E-state index contributed by atoms with van der Waals surface area (Å²) in [6.07, 6.45) is 0.991. The van der Waals surface area contributed by atoms with Gasteiger partial charge in [-0.1, -0.05) is 59.1 Å². The zero-order valence-electron chi connectivity index (χ0n) is 16.8. The Labute approximate surface area is 202 Å². The molecule has 3 aromatic carbocycles. The lowest BCUT2D eigenvalue weighted by molar-refractivity contribution is 0.394. The van der Waals surface area contributed by atoms with Gasteiger partial charge in [-0.15, -0.1) is 0 Å². The van der Waals surface area contributed by atoms with Crippen molar-refractivity contribution in [2.45, 2.75) is 29.8 Å². The largest absolute Gasteiger partial charge is 0.363 e. The number of halogens is 4. The highest BCUT2D eigenvalue weighted by molar-refractivity contribution is 7.89. The molecule has 1 fully saturated rings. The first kappa shape index (κ1) is 23.3. The maximum atomic E-state index is 14.1. The van der Waals surface area contributed by atoms with Crippen LogP contribution in [0.5, 0.6) is 0 Å². The molecular formula is C23H20Cl3FN2O2S. The van der Waals surface area contributed by atoms with E-state index in [4.69, 9.17) is 34.8 Å². The minimum Gasteiger partial charge on any atom is -0.363 e. The van der Waals surface area contributed by atoms with Gasteiger partial charge >= 0.3 is 0 Å². The van der Waals surface area contributed by atoms with Gasteiger partial charge in [0.1, 0.15) is 10.7 Å². The molecule has 0 amide bonds. The SMILES string of the molecule is O=S(=O)(NC1CCN(c2ccc(Cl)cc2Cl)C(c2ccc(Cl)cc2)C1)c1ccccc1F. The van der Waals surface area contributed by atoms with Gasteiger partial charge in [-0.25, -0.2) is 17.5 Å². The van der Waals surface area contributed by atoms with Crippen LogP contribution < -0.4 is 9.62 Å². The fourth-order valence-corrected chi connectivity index (χ4v) is 6.03. The third kappa shape index (κ3) is 5.05. The average molecular weight is 514 g/mol. The summed E-state index contributed by atoms with van der Waals surface area (Å²) in [6.45, 7) is 0.541. The highest BCUT2D eigenvalue weighted by Gasteiger charge is 2.33. The Morgan fingerprint density at radius 1 is 0.938 bits per heavy atom. The minimum absolute atomic E-state index is 0.173. The van der Waals surface area contributed by atoms with E-state index in [-0.39, 0.29) is 17.0 Å². The monoisotopic (exact) mass is 512 g/mol. The third-order valence-electron chi connectivity index (χ3n) is 5.52.